The maximum atomic E-state index is 13.5. The van der Waals surface area contributed by atoms with Crippen LogP contribution in [0.25, 0.3) is 0 Å². The third kappa shape index (κ3) is 7.26. The Hall–Kier alpha value is -2.63. The summed E-state index contributed by atoms with van der Waals surface area (Å²) in [5.74, 6) is -3.41. The standard InChI is InChI=1S/C30H35B2ClF2N4O4S/c1-44(42,43)22-5-2-20(3-6-22)18-36-25-7-4-21(33)16-23(25)30(31,32)39-14-12-38(13-15-39)26(40)19-37-27(41)24-17-28(24)8-10-29(34,35)11-9-28/h2-7,16,24,36H,8-15,17-19H2,1H3,(H,37,41). The van der Waals surface area contributed by atoms with Gasteiger partial charge in [0.25, 0.3) is 0 Å². The lowest BCUT2D eigenvalue weighted by Crippen LogP contribution is -2.58. The molecule has 5 rings (SSSR count). The Balaban J connectivity index is 1.14. The number of nitrogens with zero attached hydrogens (tertiary/aromatic N) is 2. The summed E-state index contributed by atoms with van der Waals surface area (Å²) >= 11 is 6.32. The van der Waals surface area contributed by atoms with Gasteiger partial charge in [0.1, 0.15) is 0 Å². The van der Waals surface area contributed by atoms with Crippen molar-refractivity contribution in [2.45, 2.75) is 54.8 Å². The summed E-state index contributed by atoms with van der Waals surface area (Å²) in [6, 6.07) is 11.8. The molecule has 1 spiro atoms. The molecule has 2 amide bonds. The number of carbonyl (C=O) groups excluding carboxylic acids is 2. The lowest BCUT2D eigenvalue weighted by molar-refractivity contribution is -0.135. The zero-order valence-electron chi connectivity index (χ0n) is 24.6. The molecule has 1 heterocycles. The van der Waals surface area contributed by atoms with Crippen molar-refractivity contribution in [3.05, 3.63) is 58.6 Å². The summed E-state index contributed by atoms with van der Waals surface area (Å²) in [7, 11) is 10.1. The van der Waals surface area contributed by atoms with Gasteiger partial charge in [-0.25, -0.2) is 17.2 Å². The number of sulfone groups is 1. The molecule has 1 atom stereocenters. The van der Waals surface area contributed by atoms with Gasteiger partial charge in [-0.05, 0) is 71.5 Å². The highest BCUT2D eigenvalue weighted by Crippen LogP contribution is 2.63. The molecule has 1 saturated heterocycles. The fourth-order valence-electron chi connectivity index (χ4n) is 6.33. The van der Waals surface area contributed by atoms with Crippen molar-refractivity contribution in [2.24, 2.45) is 11.3 Å². The lowest BCUT2D eigenvalue weighted by atomic mass is 9.56. The summed E-state index contributed by atoms with van der Waals surface area (Å²) in [5.41, 5.74) is 1.74. The van der Waals surface area contributed by atoms with Crippen LogP contribution in [0.4, 0.5) is 14.5 Å². The second-order valence-electron chi connectivity index (χ2n) is 12.3. The van der Waals surface area contributed by atoms with Gasteiger partial charge in [0.2, 0.25) is 17.7 Å². The molecule has 232 valence electrons. The van der Waals surface area contributed by atoms with E-state index in [2.05, 4.69) is 10.6 Å². The summed E-state index contributed by atoms with van der Waals surface area (Å²) in [5, 5.41) is 5.07. The number of rotatable bonds is 9. The van der Waals surface area contributed by atoms with Crippen molar-refractivity contribution in [1.82, 2.24) is 15.1 Å². The van der Waals surface area contributed by atoms with Gasteiger partial charge in [-0.15, -0.1) is 0 Å². The zero-order valence-corrected chi connectivity index (χ0v) is 26.2. The monoisotopic (exact) mass is 642 g/mol. The topological polar surface area (TPSA) is 98.8 Å². The molecule has 2 aliphatic carbocycles. The molecule has 4 radical (unpaired) electrons. The SMILES string of the molecule is [B]C([B])(c1cc(Cl)ccc1NCc1ccc(S(C)(=O)=O)cc1)N1CCN(C(=O)CNC(=O)C2CC23CCC(F)(F)CC3)CC1. The van der Waals surface area contributed by atoms with E-state index >= 15 is 0 Å². The molecule has 44 heavy (non-hydrogen) atoms. The van der Waals surface area contributed by atoms with Crippen LogP contribution in [0.5, 0.6) is 0 Å². The van der Waals surface area contributed by atoms with E-state index in [1.807, 2.05) is 4.90 Å². The van der Waals surface area contributed by atoms with Crippen LogP contribution in [0, 0.1) is 11.3 Å². The van der Waals surface area contributed by atoms with Crippen molar-refractivity contribution in [3.8, 4) is 0 Å². The Labute approximate surface area is 265 Å². The first-order valence-corrected chi connectivity index (χ1v) is 17.0. The summed E-state index contributed by atoms with van der Waals surface area (Å²) in [6.45, 7) is 1.70. The molecule has 3 aliphatic rings. The van der Waals surface area contributed by atoms with E-state index in [1.165, 1.54) is 0 Å². The molecule has 2 aromatic rings. The molecular weight excluding hydrogens is 607 g/mol. The molecule has 8 nitrogen and oxygen atoms in total. The predicted octanol–water partition coefficient (Wildman–Crippen LogP) is 3.28. The summed E-state index contributed by atoms with van der Waals surface area (Å²) in [6.07, 6.45) is 2.08. The van der Waals surface area contributed by atoms with E-state index in [-0.39, 0.29) is 47.4 Å². The third-order valence-electron chi connectivity index (χ3n) is 9.30. The van der Waals surface area contributed by atoms with Crippen LogP contribution in [0.3, 0.4) is 0 Å². The number of nitrogens with one attached hydrogen (secondary N) is 2. The van der Waals surface area contributed by atoms with Crippen LogP contribution in [-0.2, 0) is 31.3 Å². The van der Waals surface area contributed by atoms with E-state index in [0.29, 0.717) is 68.3 Å². The first-order chi connectivity index (χ1) is 20.6. The minimum Gasteiger partial charge on any atom is -0.381 e. The van der Waals surface area contributed by atoms with Gasteiger partial charge >= 0.3 is 0 Å². The van der Waals surface area contributed by atoms with Gasteiger partial charge in [0.05, 0.1) is 27.1 Å². The number of benzene rings is 2. The molecule has 1 unspecified atom stereocenters. The highest BCUT2D eigenvalue weighted by molar-refractivity contribution is 7.90. The Bertz CT molecular complexity index is 1510. The molecule has 0 aromatic heterocycles. The molecule has 2 N–H and O–H groups in total. The van der Waals surface area contributed by atoms with Gasteiger partial charge in [-0.1, -0.05) is 23.7 Å². The molecule has 1 aliphatic heterocycles. The van der Waals surface area contributed by atoms with Crippen LogP contribution >= 0.6 is 11.6 Å². The molecule has 3 fully saturated rings. The van der Waals surface area contributed by atoms with Crippen LogP contribution in [-0.4, -0.2) is 90.6 Å². The Kier molecular flexibility index (Phi) is 9.14. The first kappa shape index (κ1) is 32.8. The number of hydrogen-bond acceptors (Lipinski definition) is 6. The average Bonchev–Trinajstić information content (AvgIpc) is 3.70. The predicted molar refractivity (Wildman–Crippen MR) is 167 cm³/mol. The van der Waals surface area contributed by atoms with Crippen molar-refractivity contribution < 1.29 is 26.8 Å². The number of hydrogen-bond donors (Lipinski definition) is 2. The highest BCUT2D eigenvalue weighted by Gasteiger charge is 2.60. The van der Waals surface area contributed by atoms with E-state index in [1.54, 1.807) is 47.4 Å². The Morgan fingerprint density at radius 2 is 1.66 bits per heavy atom. The summed E-state index contributed by atoms with van der Waals surface area (Å²) < 4.78 is 50.6. The largest absolute Gasteiger partial charge is 0.381 e. The number of halogens is 3. The van der Waals surface area contributed by atoms with E-state index in [9.17, 15) is 26.8 Å². The number of amides is 2. The van der Waals surface area contributed by atoms with Gasteiger partial charge in [-0.2, -0.15) is 0 Å². The number of alkyl halides is 2. The van der Waals surface area contributed by atoms with Gasteiger partial charge in [0.15, 0.2) is 9.84 Å². The molecular formula is C30H35B2ClF2N4O4S. The fourth-order valence-corrected chi connectivity index (χ4v) is 7.13. The molecule has 14 heteroatoms. The van der Waals surface area contributed by atoms with Crippen LogP contribution < -0.4 is 10.6 Å². The van der Waals surface area contributed by atoms with E-state index in [0.717, 1.165) is 11.8 Å². The molecule has 2 saturated carbocycles. The quantitative estimate of drug-likeness (QED) is 0.408. The number of carbonyl (C=O) groups is 2. The average molecular weight is 643 g/mol. The van der Waals surface area contributed by atoms with Crippen LogP contribution in [0.2, 0.25) is 5.02 Å². The van der Waals surface area contributed by atoms with Crippen molar-refractivity contribution >= 4 is 54.6 Å². The maximum Gasteiger partial charge on any atom is 0.248 e. The van der Waals surface area contributed by atoms with E-state index in [4.69, 9.17) is 27.3 Å². The lowest BCUT2D eigenvalue weighted by Gasteiger charge is -2.46. The van der Waals surface area contributed by atoms with E-state index < -0.39 is 21.1 Å². The smallest absolute Gasteiger partial charge is 0.248 e. The van der Waals surface area contributed by atoms with Gasteiger partial charge < -0.3 is 20.4 Å². The highest BCUT2D eigenvalue weighted by atomic mass is 35.5. The normalized spacial score (nSPS) is 21.5. The fraction of sp³-hybridized carbons (Fsp3) is 0.533. The third-order valence-corrected chi connectivity index (χ3v) is 10.7. The van der Waals surface area contributed by atoms with Crippen molar-refractivity contribution in [2.75, 3.05) is 44.3 Å². The Morgan fingerprint density at radius 3 is 2.27 bits per heavy atom. The minimum absolute atomic E-state index is 0.147. The minimum atomic E-state index is -3.29. The molecule has 0 bridgehead atoms. The van der Waals surface area contributed by atoms with Crippen molar-refractivity contribution in [1.29, 1.82) is 0 Å². The Morgan fingerprint density at radius 1 is 1.02 bits per heavy atom. The van der Waals surface area contributed by atoms with Crippen LogP contribution in [0.1, 0.15) is 43.2 Å². The maximum absolute atomic E-state index is 13.5. The summed E-state index contributed by atoms with van der Waals surface area (Å²) in [4.78, 5) is 29.3. The second kappa shape index (κ2) is 12.3. The number of piperazine rings is 1. The number of anilines is 1. The van der Waals surface area contributed by atoms with Gasteiger partial charge in [-0.3, -0.25) is 9.59 Å². The zero-order chi connectivity index (χ0) is 31.9. The van der Waals surface area contributed by atoms with Crippen LogP contribution in [0.15, 0.2) is 47.4 Å². The first-order valence-electron chi connectivity index (χ1n) is 14.7. The van der Waals surface area contributed by atoms with Crippen molar-refractivity contribution in [3.63, 3.8) is 0 Å². The van der Waals surface area contributed by atoms with Gasteiger partial charge in [0, 0.05) is 68.4 Å². The molecule has 2 aromatic carbocycles. The second-order valence-corrected chi connectivity index (χ2v) is 14.8.